The highest BCUT2D eigenvalue weighted by Crippen LogP contribution is 2.14. The van der Waals surface area contributed by atoms with Gasteiger partial charge in [-0.1, -0.05) is 12.1 Å². The summed E-state index contributed by atoms with van der Waals surface area (Å²) in [7, 11) is 0. The van der Waals surface area contributed by atoms with Crippen molar-refractivity contribution < 1.29 is 14.6 Å². The van der Waals surface area contributed by atoms with Crippen LogP contribution >= 0.6 is 0 Å². The van der Waals surface area contributed by atoms with E-state index in [0.29, 0.717) is 0 Å². The highest BCUT2D eigenvalue weighted by molar-refractivity contribution is 5.27. The van der Waals surface area contributed by atoms with Crippen LogP contribution in [0.25, 0.3) is 0 Å². The van der Waals surface area contributed by atoms with Gasteiger partial charge in [0.2, 0.25) is 0 Å². The second kappa shape index (κ2) is 7.62. The van der Waals surface area contributed by atoms with Gasteiger partial charge >= 0.3 is 0 Å². The molecular formula is C16H25NO3. The van der Waals surface area contributed by atoms with E-state index in [1.165, 1.54) is 5.56 Å². The Morgan fingerprint density at radius 1 is 1.40 bits per heavy atom. The van der Waals surface area contributed by atoms with Gasteiger partial charge in [-0.05, 0) is 38.0 Å². The van der Waals surface area contributed by atoms with Gasteiger partial charge in [0.15, 0.2) is 0 Å². The van der Waals surface area contributed by atoms with Crippen LogP contribution in [-0.4, -0.2) is 55.1 Å². The molecule has 0 aliphatic carbocycles. The molecule has 4 nitrogen and oxygen atoms in total. The van der Waals surface area contributed by atoms with E-state index in [9.17, 15) is 5.11 Å². The fourth-order valence-corrected chi connectivity index (χ4v) is 2.61. The molecule has 0 saturated carbocycles. The Kier molecular flexibility index (Phi) is 5.83. The largest absolute Gasteiger partial charge is 0.494 e. The molecule has 1 saturated heterocycles. The first kappa shape index (κ1) is 15.3. The van der Waals surface area contributed by atoms with Crippen molar-refractivity contribution in [2.24, 2.45) is 0 Å². The van der Waals surface area contributed by atoms with Crippen molar-refractivity contribution in [3.8, 4) is 5.75 Å². The molecule has 2 atom stereocenters. The summed E-state index contributed by atoms with van der Waals surface area (Å²) in [5.41, 5.74) is 1.22. The maximum atomic E-state index is 9.20. The summed E-state index contributed by atoms with van der Waals surface area (Å²) >= 11 is 0. The highest BCUT2D eigenvalue weighted by atomic mass is 16.5. The lowest BCUT2D eigenvalue weighted by molar-refractivity contribution is -0.0955. The predicted molar refractivity (Wildman–Crippen MR) is 79.2 cm³/mol. The summed E-state index contributed by atoms with van der Waals surface area (Å²) in [6.07, 6.45) is 1.13. The van der Waals surface area contributed by atoms with Crippen LogP contribution < -0.4 is 4.74 Å². The van der Waals surface area contributed by atoms with Gasteiger partial charge in [-0.3, -0.25) is 4.90 Å². The van der Waals surface area contributed by atoms with Crippen LogP contribution in [0.2, 0.25) is 0 Å². The molecule has 1 aliphatic rings. The number of hydrogen-bond acceptors (Lipinski definition) is 4. The molecule has 1 N–H and O–H groups in total. The van der Waals surface area contributed by atoms with Crippen LogP contribution in [0.15, 0.2) is 24.3 Å². The number of aliphatic hydroxyl groups excluding tert-OH is 1. The van der Waals surface area contributed by atoms with Crippen LogP contribution in [-0.2, 0) is 4.74 Å². The summed E-state index contributed by atoms with van der Waals surface area (Å²) in [6.45, 7) is 7.66. The minimum Gasteiger partial charge on any atom is -0.494 e. The molecule has 1 aromatic carbocycles. The van der Waals surface area contributed by atoms with Crippen LogP contribution in [0.1, 0.15) is 18.9 Å². The van der Waals surface area contributed by atoms with Crippen molar-refractivity contribution in [3.05, 3.63) is 29.8 Å². The van der Waals surface area contributed by atoms with Gasteiger partial charge in [0.25, 0.3) is 0 Å². The standard InChI is InChI=1S/C16H25NO3/c1-13-5-3-6-15(9-13)19-8-4-7-17-10-14(2)20-16(11-17)12-18/h3,5-6,9,14,16,18H,4,7-8,10-12H2,1-2H3. The molecule has 4 heteroatoms. The van der Waals surface area contributed by atoms with Crippen molar-refractivity contribution >= 4 is 0 Å². The van der Waals surface area contributed by atoms with Gasteiger partial charge in [0, 0.05) is 19.6 Å². The topological polar surface area (TPSA) is 41.9 Å². The lowest BCUT2D eigenvalue weighted by atomic mass is 10.2. The first-order chi connectivity index (χ1) is 9.67. The summed E-state index contributed by atoms with van der Waals surface area (Å²) < 4.78 is 11.4. The number of aryl methyl sites for hydroxylation is 1. The van der Waals surface area contributed by atoms with E-state index in [1.807, 2.05) is 12.1 Å². The summed E-state index contributed by atoms with van der Waals surface area (Å²) in [6, 6.07) is 8.13. The summed E-state index contributed by atoms with van der Waals surface area (Å²) in [5, 5.41) is 9.20. The number of rotatable bonds is 6. The molecule has 0 bridgehead atoms. The summed E-state index contributed by atoms with van der Waals surface area (Å²) in [5.74, 6) is 0.939. The van der Waals surface area contributed by atoms with Crippen molar-refractivity contribution in [2.75, 3.05) is 32.8 Å². The molecule has 1 heterocycles. The number of nitrogens with zero attached hydrogens (tertiary/aromatic N) is 1. The Morgan fingerprint density at radius 2 is 2.25 bits per heavy atom. The maximum Gasteiger partial charge on any atom is 0.119 e. The van der Waals surface area contributed by atoms with Gasteiger partial charge < -0.3 is 14.6 Å². The molecule has 0 aromatic heterocycles. The SMILES string of the molecule is Cc1cccc(OCCCN2CC(C)OC(CO)C2)c1. The Hall–Kier alpha value is -1.10. The molecule has 0 spiro atoms. The fourth-order valence-electron chi connectivity index (χ4n) is 2.61. The van der Waals surface area contributed by atoms with Gasteiger partial charge in [-0.15, -0.1) is 0 Å². The molecule has 112 valence electrons. The van der Waals surface area contributed by atoms with Crippen LogP contribution in [0.5, 0.6) is 5.75 Å². The van der Waals surface area contributed by atoms with Crippen molar-refractivity contribution in [1.82, 2.24) is 4.90 Å². The Labute approximate surface area is 121 Å². The monoisotopic (exact) mass is 279 g/mol. The molecule has 2 rings (SSSR count). The lowest BCUT2D eigenvalue weighted by Gasteiger charge is -2.36. The minimum absolute atomic E-state index is 0.0450. The number of hydrogen-bond donors (Lipinski definition) is 1. The summed E-state index contributed by atoms with van der Waals surface area (Å²) in [4.78, 5) is 2.34. The Bertz CT molecular complexity index is 410. The first-order valence-corrected chi connectivity index (χ1v) is 7.35. The lowest BCUT2D eigenvalue weighted by Crippen LogP contribution is -2.48. The zero-order valence-corrected chi connectivity index (χ0v) is 12.4. The van der Waals surface area contributed by atoms with Crippen molar-refractivity contribution in [2.45, 2.75) is 32.5 Å². The quantitative estimate of drug-likeness (QED) is 0.807. The van der Waals surface area contributed by atoms with Crippen molar-refractivity contribution in [1.29, 1.82) is 0 Å². The van der Waals surface area contributed by atoms with Crippen LogP contribution in [0.3, 0.4) is 0 Å². The normalized spacial score (nSPS) is 23.8. The van der Waals surface area contributed by atoms with E-state index in [2.05, 4.69) is 30.9 Å². The van der Waals surface area contributed by atoms with Gasteiger partial charge in [-0.2, -0.15) is 0 Å². The third kappa shape index (κ3) is 4.78. The third-order valence-electron chi connectivity index (χ3n) is 3.48. The molecular weight excluding hydrogens is 254 g/mol. The highest BCUT2D eigenvalue weighted by Gasteiger charge is 2.23. The van der Waals surface area contributed by atoms with E-state index in [1.54, 1.807) is 0 Å². The van der Waals surface area contributed by atoms with E-state index in [0.717, 1.165) is 38.4 Å². The molecule has 1 aliphatic heterocycles. The fraction of sp³-hybridized carbons (Fsp3) is 0.625. The molecule has 1 aromatic rings. The van der Waals surface area contributed by atoms with E-state index < -0.39 is 0 Å². The van der Waals surface area contributed by atoms with E-state index in [4.69, 9.17) is 9.47 Å². The number of morpholine rings is 1. The zero-order valence-electron chi connectivity index (χ0n) is 12.4. The van der Waals surface area contributed by atoms with E-state index in [-0.39, 0.29) is 18.8 Å². The van der Waals surface area contributed by atoms with Gasteiger partial charge in [0.05, 0.1) is 25.4 Å². The van der Waals surface area contributed by atoms with Crippen LogP contribution in [0, 0.1) is 6.92 Å². The van der Waals surface area contributed by atoms with Crippen LogP contribution in [0.4, 0.5) is 0 Å². The second-order valence-corrected chi connectivity index (χ2v) is 5.53. The minimum atomic E-state index is -0.0450. The average Bonchev–Trinajstić information content (AvgIpc) is 2.43. The number of ether oxygens (including phenoxy) is 2. The second-order valence-electron chi connectivity index (χ2n) is 5.53. The molecule has 0 amide bonds. The number of benzene rings is 1. The van der Waals surface area contributed by atoms with E-state index >= 15 is 0 Å². The molecule has 0 radical (unpaired) electrons. The zero-order chi connectivity index (χ0) is 14.4. The average molecular weight is 279 g/mol. The van der Waals surface area contributed by atoms with Gasteiger partial charge in [0.1, 0.15) is 5.75 Å². The predicted octanol–water partition coefficient (Wildman–Crippen LogP) is 1.85. The Morgan fingerprint density at radius 3 is 3.00 bits per heavy atom. The molecule has 1 fully saturated rings. The van der Waals surface area contributed by atoms with Gasteiger partial charge in [-0.25, -0.2) is 0 Å². The third-order valence-corrected chi connectivity index (χ3v) is 3.48. The first-order valence-electron chi connectivity index (χ1n) is 7.35. The molecule has 2 unspecified atom stereocenters. The maximum absolute atomic E-state index is 9.20. The molecule has 20 heavy (non-hydrogen) atoms. The van der Waals surface area contributed by atoms with Crippen molar-refractivity contribution in [3.63, 3.8) is 0 Å². The number of aliphatic hydroxyl groups is 1. The Balaban J connectivity index is 1.68. The smallest absolute Gasteiger partial charge is 0.119 e.